The molecular formula is C19H15NO4. The first-order valence-electron chi connectivity index (χ1n) is 7.60. The van der Waals surface area contributed by atoms with E-state index in [-0.39, 0.29) is 12.5 Å². The van der Waals surface area contributed by atoms with E-state index in [0.717, 1.165) is 16.7 Å². The molecule has 2 heterocycles. The topological polar surface area (TPSA) is 57.1 Å². The van der Waals surface area contributed by atoms with Crippen molar-refractivity contribution in [1.29, 1.82) is 0 Å². The monoisotopic (exact) mass is 321 g/mol. The van der Waals surface area contributed by atoms with Gasteiger partial charge in [0.25, 0.3) is 0 Å². The molecule has 0 bridgehead atoms. The number of carbonyl (C=O) groups is 1. The van der Waals surface area contributed by atoms with Gasteiger partial charge in [0.2, 0.25) is 12.7 Å². The summed E-state index contributed by atoms with van der Waals surface area (Å²) in [5, 5.41) is 0. The molecule has 2 aromatic rings. The van der Waals surface area contributed by atoms with E-state index in [4.69, 9.17) is 14.2 Å². The fraction of sp³-hybridized carbons (Fsp3) is 0.158. The Hall–Kier alpha value is -3.08. The van der Waals surface area contributed by atoms with Crippen molar-refractivity contribution in [3.63, 3.8) is 0 Å². The van der Waals surface area contributed by atoms with Crippen LogP contribution in [-0.2, 0) is 9.53 Å². The zero-order valence-corrected chi connectivity index (χ0v) is 13.3. The van der Waals surface area contributed by atoms with E-state index in [2.05, 4.69) is 4.99 Å². The predicted octanol–water partition coefficient (Wildman–Crippen LogP) is 3.38. The van der Waals surface area contributed by atoms with Crippen LogP contribution in [0.1, 0.15) is 22.3 Å². The Morgan fingerprint density at radius 1 is 1.00 bits per heavy atom. The highest BCUT2D eigenvalue weighted by Gasteiger charge is 2.24. The zero-order chi connectivity index (χ0) is 16.7. The van der Waals surface area contributed by atoms with Crippen LogP contribution >= 0.6 is 0 Å². The summed E-state index contributed by atoms with van der Waals surface area (Å²) in [6, 6.07) is 11.3. The number of fused-ring (bicyclic) bond motifs is 1. The van der Waals surface area contributed by atoms with Crippen LogP contribution < -0.4 is 9.47 Å². The molecule has 0 spiro atoms. The van der Waals surface area contributed by atoms with Gasteiger partial charge >= 0.3 is 5.97 Å². The number of hydrogen-bond donors (Lipinski definition) is 0. The van der Waals surface area contributed by atoms with E-state index in [0.29, 0.717) is 17.4 Å². The van der Waals surface area contributed by atoms with Crippen molar-refractivity contribution < 1.29 is 19.0 Å². The van der Waals surface area contributed by atoms with Gasteiger partial charge < -0.3 is 14.2 Å². The molecule has 2 aliphatic rings. The third kappa shape index (κ3) is 2.54. The maximum atomic E-state index is 12.1. The number of nitrogens with zero attached hydrogens (tertiary/aromatic N) is 1. The van der Waals surface area contributed by atoms with Crippen LogP contribution in [0.2, 0.25) is 0 Å². The van der Waals surface area contributed by atoms with E-state index in [1.165, 1.54) is 5.56 Å². The Bertz CT molecular complexity index is 912. The molecule has 24 heavy (non-hydrogen) atoms. The molecule has 4 rings (SSSR count). The summed E-state index contributed by atoms with van der Waals surface area (Å²) in [7, 11) is 0. The van der Waals surface area contributed by atoms with Crippen LogP contribution in [0.15, 0.2) is 47.1 Å². The molecule has 0 atom stereocenters. The summed E-state index contributed by atoms with van der Waals surface area (Å²) in [6.07, 6.45) is 1.68. The number of cyclic esters (lactones) is 1. The summed E-state index contributed by atoms with van der Waals surface area (Å²) >= 11 is 0. The molecule has 0 unspecified atom stereocenters. The lowest BCUT2D eigenvalue weighted by Crippen LogP contribution is -2.05. The summed E-state index contributed by atoms with van der Waals surface area (Å²) < 4.78 is 15.9. The molecule has 0 aromatic heterocycles. The van der Waals surface area contributed by atoms with E-state index in [1.54, 1.807) is 6.08 Å². The lowest BCUT2D eigenvalue weighted by Gasteiger charge is -2.03. The van der Waals surface area contributed by atoms with Crippen molar-refractivity contribution in [1.82, 2.24) is 0 Å². The van der Waals surface area contributed by atoms with Gasteiger partial charge in [0.05, 0.1) is 0 Å². The number of aryl methyl sites for hydroxylation is 2. The number of rotatable bonds is 2. The van der Waals surface area contributed by atoms with Crippen molar-refractivity contribution in [2.75, 3.05) is 6.79 Å². The predicted molar refractivity (Wildman–Crippen MR) is 89.1 cm³/mol. The Morgan fingerprint density at radius 3 is 2.67 bits per heavy atom. The summed E-state index contributed by atoms with van der Waals surface area (Å²) in [4.78, 5) is 16.4. The first-order chi connectivity index (χ1) is 11.6. The lowest BCUT2D eigenvalue weighted by atomic mass is 10.1. The van der Waals surface area contributed by atoms with Crippen LogP contribution in [0, 0.1) is 13.8 Å². The highest BCUT2D eigenvalue weighted by atomic mass is 16.7. The quantitative estimate of drug-likeness (QED) is 0.628. The van der Waals surface area contributed by atoms with Gasteiger partial charge in [0.15, 0.2) is 17.2 Å². The average molecular weight is 321 g/mol. The molecule has 0 N–H and O–H groups in total. The van der Waals surface area contributed by atoms with E-state index in [1.807, 2.05) is 50.2 Å². The fourth-order valence-corrected chi connectivity index (χ4v) is 2.57. The van der Waals surface area contributed by atoms with Crippen LogP contribution in [0.4, 0.5) is 0 Å². The van der Waals surface area contributed by atoms with E-state index in [9.17, 15) is 4.79 Å². The van der Waals surface area contributed by atoms with Gasteiger partial charge in [-0.3, -0.25) is 0 Å². The lowest BCUT2D eigenvalue weighted by molar-refractivity contribution is -0.129. The number of carbonyl (C=O) groups excluding carboxylic acids is 1. The molecule has 2 aromatic carbocycles. The molecular weight excluding hydrogens is 306 g/mol. The molecule has 2 aliphatic heterocycles. The fourth-order valence-electron chi connectivity index (χ4n) is 2.57. The van der Waals surface area contributed by atoms with E-state index >= 15 is 0 Å². The molecule has 0 fully saturated rings. The van der Waals surface area contributed by atoms with Gasteiger partial charge in [-0.05, 0) is 60.9 Å². The van der Waals surface area contributed by atoms with Crippen molar-refractivity contribution in [3.05, 3.63) is 64.3 Å². The molecule has 0 amide bonds. The summed E-state index contributed by atoms with van der Waals surface area (Å²) in [5.74, 6) is 1.23. The first kappa shape index (κ1) is 14.5. The van der Waals surface area contributed by atoms with Gasteiger partial charge in [-0.15, -0.1) is 0 Å². The summed E-state index contributed by atoms with van der Waals surface area (Å²) in [5.41, 5.74) is 4.16. The molecule has 0 aliphatic carbocycles. The van der Waals surface area contributed by atoms with Crippen molar-refractivity contribution in [2.45, 2.75) is 13.8 Å². The number of hydrogen-bond acceptors (Lipinski definition) is 5. The molecule has 5 nitrogen and oxygen atoms in total. The van der Waals surface area contributed by atoms with Gasteiger partial charge in [-0.25, -0.2) is 9.79 Å². The number of benzene rings is 2. The number of ether oxygens (including phenoxy) is 3. The Balaban J connectivity index is 1.67. The average Bonchev–Trinajstić information content (AvgIpc) is 3.17. The SMILES string of the molecule is Cc1ccc(C2=N/C(=C/c3ccc4c(c3)OCO4)C(=O)O2)cc1C. The molecule has 120 valence electrons. The van der Waals surface area contributed by atoms with Gasteiger partial charge in [0.1, 0.15) is 0 Å². The van der Waals surface area contributed by atoms with Gasteiger partial charge in [-0.2, -0.15) is 0 Å². The normalized spacial score (nSPS) is 17.2. The maximum absolute atomic E-state index is 12.1. The highest BCUT2D eigenvalue weighted by molar-refractivity contribution is 6.12. The van der Waals surface area contributed by atoms with Crippen LogP contribution in [0.3, 0.4) is 0 Å². The van der Waals surface area contributed by atoms with Gasteiger partial charge in [0, 0.05) is 5.56 Å². The van der Waals surface area contributed by atoms with Crippen molar-refractivity contribution >= 4 is 17.9 Å². The molecule has 5 heteroatoms. The van der Waals surface area contributed by atoms with Crippen LogP contribution in [0.5, 0.6) is 11.5 Å². The first-order valence-corrected chi connectivity index (χ1v) is 7.60. The Kier molecular flexibility index (Phi) is 3.34. The van der Waals surface area contributed by atoms with Crippen molar-refractivity contribution in [3.8, 4) is 11.5 Å². The minimum atomic E-state index is -0.458. The minimum absolute atomic E-state index is 0.215. The van der Waals surface area contributed by atoms with Crippen LogP contribution in [-0.4, -0.2) is 18.7 Å². The number of esters is 1. The smallest absolute Gasteiger partial charge is 0.363 e. The van der Waals surface area contributed by atoms with E-state index < -0.39 is 5.97 Å². The molecule has 0 saturated carbocycles. The third-order valence-corrected chi connectivity index (χ3v) is 4.07. The highest BCUT2D eigenvalue weighted by Crippen LogP contribution is 2.33. The zero-order valence-electron chi connectivity index (χ0n) is 13.3. The molecule has 0 saturated heterocycles. The minimum Gasteiger partial charge on any atom is -0.454 e. The van der Waals surface area contributed by atoms with Crippen LogP contribution in [0.25, 0.3) is 6.08 Å². The largest absolute Gasteiger partial charge is 0.454 e. The molecule has 0 radical (unpaired) electrons. The second-order valence-corrected chi connectivity index (χ2v) is 5.75. The third-order valence-electron chi connectivity index (χ3n) is 4.07. The van der Waals surface area contributed by atoms with Crippen molar-refractivity contribution in [2.24, 2.45) is 4.99 Å². The summed E-state index contributed by atoms with van der Waals surface area (Å²) in [6.45, 7) is 4.26. The second-order valence-electron chi connectivity index (χ2n) is 5.75. The Labute approximate surface area is 139 Å². The standard InChI is InChI=1S/C19H15NO4/c1-11-3-5-14(7-12(11)2)18-20-15(19(21)24-18)8-13-4-6-16-17(9-13)23-10-22-16/h3-9H,10H2,1-2H3/b15-8+. The second kappa shape index (κ2) is 5.53. The Morgan fingerprint density at radius 2 is 1.83 bits per heavy atom. The number of aliphatic imine (C=N–C) groups is 1. The maximum Gasteiger partial charge on any atom is 0.363 e. The van der Waals surface area contributed by atoms with Gasteiger partial charge in [-0.1, -0.05) is 12.1 Å².